The molecule has 1 rings (SSSR count). The van der Waals surface area contributed by atoms with Crippen LogP contribution in [0.3, 0.4) is 0 Å². The van der Waals surface area contributed by atoms with Gasteiger partial charge in [0.25, 0.3) is 0 Å². The molecular weight excluding hydrogens is 220 g/mol. The first-order valence-electron chi connectivity index (χ1n) is 5.99. The summed E-state index contributed by atoms with van der Waals surface area (Å²) in [6, 6.07) is 0.171. The zero-order chi connectivity index (χ0) is 12.8. The van der Waals surface area contributed by atoms with Crippen LogP contribution < -0.4 is 11.1 Å². The second-order valence-electron chi connectivity index (χ2n) is 4.67. The Balaban J connectivity index is 2.23. The number of hydrogen-bond acceptors (Lipinski definition) is 4. The number of hydrogen-bond donors (Lipinski definition) is 3. The molecule has 17 heavy (non-hydrogen) atoms. The second-order valence-corrected chi connectivity index (χ2v) is 4.67. The van der Waals surface area contributed by atoms with Crippen LogP contribution in [0.4, 0.5) is 4.79 Å². The molecular formula is C11H22N4O2. The highest BCUT2D eigenvalue weighted by molar-refractivity contribution is 5.78. The largest absolute Gasteiger partial charge is 0.447 e. The second kappa shape index (κ2) is 6.44. The Bertz CT molecular complexity index is 273. The van der Waals surface area contributed by atoms with E-state index in [0.29, 0.717) is 6.54 Å². The molecule has 0 aromatic carbocycles. The number of carbonyl (C=O) groups excluding carboxylic acids is 1. The molecule has 0 radical (unpaired) electrons. The molecule has 1 heterocycles. The molecule has 98 valence electrons. The van der Waals surface area contributed by atoms with Crippen molar-refractivity contribution in [2.45, 2.75) is 38.8 Å². The van der Waals surface area contributed by atoms with Gasteiger partial charge < -0.3 is 15.8 Å². The molecule has 1 saturated heterocycles. The Labute approximate surface area is 102 Å². The molecule has 1 aliphatic rings. The lowest BCUT2D eigenvalue weighted by Gasteiger charge is -2.31. The number of alkyl carbamates (subject to hydrolysis) is 1. The highest BCUT2D eigenvalue weighted by Gasteiger charge is 2.21. The maximum Gasteiger partial charge on any atom is 0.407 e. The summed E-state index contributed by atoms with van der Waals surface area (Å²) in [5.41, 5.74) is 5.35. The van der Waals surface area contributed by atoms with Crippen LogP contribution in [-0.2, 0) is 4.74 Å². The van der Waals surface area contributed by atoms with Gasteiger partial charge in [0.1, 0.15) is 5.84 Å². The van der Waals surface area contributed by atoms with Crippen molar-refractivity contribution in [2.75, 3.05) is 19.6 Å². The number of likely N-dealkylation sites (tertiary alicyclic amines) is 1. The molecule has 0 aliphatic carbocycles. The van der Waals surface area contributed by atoms with Crippen molar-refractivity contribution in [3.8, 4) is 0 Å². The molecule has 0 aromatic heterocycles. The predicted molar refractivity (Wildman–Crippen MR) is 66.1 cm³/mol. The highest BCUT2D eigenvalue weighted by Crippen LogP contribution is 2.10. The molecule has 6 nitrogen and oxygen atoms in total. The van der Waals surface area contributed by atoms with Crippen molar-refractivity contribution in [2.24, 2.45) is 5.73 Å². The summed E-state index contributed by atoms with van der Waals surface area (Å²) in [4.78, 5) is 13.5. The fraction of sp³-hybridized carbons (Fsp3) is 0.818. The minimum Gasteiger partial charge on any atom is -0.447 e. The van der Waals surface area contributed by atoms with Crippen molar-refractivity contribution in [3.63, 3.8) is 0 Å². The molecule has 0 saturated carbocycles. The normalized spacial score (nSPS) is 18.1. The van der Waals surface area contributed by atoms with Crippen molar-refractivity contribution < 1.29 is 9.53 Å². The Hall–Kier alpha value is -1.30. The maximum absolute atomic E-state index is 11.4. The summed E-state index contributed by atoms with van der Waals surface area (Å²) in [7, 11) is 0. The summed E-state index contributed by atoms with van der Waals surface area (Å²) in [6.07, 6.45) is 1.32. The number of rotatable bonds is 4. The molecule has 1 amide bonds. The van der Waals surface area contributed by atoms with E-state index in [4.69, 9.17) is 15.9 Å². The van der Waals surface area contributed by atoms with Gasteiger partial charge in [0, 0.05) is 19.1 Å². The average molecular weight is 242 g/mol. The van der Waals surface area contributed by atoms with Crippen LogP contribution in [0.25, 0.3) is 0 Å². The van der Waals surface area contributed by atoms with E-state index in [1.807, 2.05) is 13.8 Å². The first-order valence-corrected chi connectivity index (χ1v) is 5.99. The zero-order valence-electron chi connectivity index (χ0n) is 10.5. The number of ether oxygens (including phenoxy) is 1. The molecule has 0 unspecified atom stereocenters. The van der Waals surface area contributed by atoms with Gasteiger partial charge in [-0.3, -0.25) is 10.3 Å². The summed E-state index contributed by atoms with van der Waals surface area (Å²) in [5, 5.41) is 10.1. The summed E-state index contributed by atoms with van der Waals surface area (Å²) in [6.45, 7) is 5.88. The van der Waals surface area contributed by atoms with Crippen LogP contribution in [0.15, 0.2) is 0 Å². The number of nitrogens with zero attached hydrogens (tertiary/aromatic N) is 1. The van der Waals surface area contributed by atoms with Crippen molar-refractivity contribution >= 4 is 11.9 Å². The minimum absolute atomic E-state index is 0.0900. The van der Waals surface area contributed by atoms with E-state index in [2.05, 4.69) is 10.2 Å². The van der Waals surface area contributed by atoms with Crippen LogP contribution in [0.1, 0.15) is 26.7 Å². The van der Waals surface area contributed by atoms with Gasteiger partial charge in [0.2, 0.25) is 0 Å². The lowest BCUT2D eigenvalue weighted by molar-refractivity contribution is 0.107. The Morgan fingerprint density at radius 2 is 2.12 bits per heavy atom. The lowest BCUT2D eigenvalue weighted by atomic mass is 10.1. The number of piperidine rings is 1. The van der Waals surface area contributed by atoms with Gasteiger partial charge in [0.15, 0.2) is 0 Å². The maximum atomic E-state index is 11.4. The molecule has 0 aromatic rings. The quantitative estimate of drug-likeness (QED) is 0.495. The SMILES string of the molecule is CC(C)OC(=O)NC1CCN(CC(=N)N)CC1. The number of nitrogens with one attached hydrogen (secondary N) is 2. The first kappa shape index (κ1) is 13.8. The van der Waals surface area contributed by atoms with Crippen molar-refractivity contribution in [1.82, 2.24) is 10.2 Å². The van der Waals surface area contributed by atoms with E-state index in [-0.39, 0.29) is 24.1 Å². The van der Waals surface area contributed by atoms with Gasteiger partial charge >= 0.3 is 6.09 Å². The van der Waals surface area contributed by atoms with Gasteiger partial charge in [-0.05, 0) is 26.7 Å². The number of amidine groups is 1. The summed E-state index contributed by atoms with van der Waals surface area (Å²) < 4.78 is 5.03. The monoisotopic (exact) mass is 242 g/mol. The predicted octanol–water partition coefficient (Wildman–Crippen LogP) is 0.521. The van der Waals surface area contributed by atoms with Crippen LogP contribution in [-0.4, -0.2) is 48.6 Å². The molecule has 6 heteroatoms. The van der Waals surface area contributed by atoms with E-state index in [9.17, 15) is 4.79 Å². The Morgan fingerprint density at radius 1 is 1.53 bits per heavy atom. The highest BCUT2D eigenvalue weighted by atomic mass is 16.6. The fourth-order valence-electron chi connectivity index (χ4n) is 1.89. The van der Waals surface area contributed by atoms with Gasteiger partial charge in [0.05, 0.1) is 12.6 Å². The number of amides is 1. The third-order valence-electron chi connectivity index (χ3n) is 2.65. The minimum atomic E-state index is -0.343. The van der Waals surface area contributed by atoms with Gasteiger partial charge in [-0.1, -0.05) is 0 Å². The Morgan fingerprint density at radius 3 is 2.59 bits per heavy atom. The van der Waals surface area contributed by atoms with Crippen LogP contribution in [0.2, 0.25) is 0 Å². The third-order valence-corrected chi connectivity index (χ3v) is 2.65. The average Bonchev–Trinajstić information content (AvgIpc) is 2.18. The fourth-order valence-corrected chi connectivity index (χ4v) is 1.89. The van der Waals surface area contributed by atoms with E-state index in [0.717, 1.165) is 25.9 Å². The van der Waals surface area contributed by atoms with Crippen LogP contribution >= 0.6 is 0 Å². The first-order chi connectivity index (χ1) is 7.97. The summed E-state index contributed by atoms with van der Waals surface area (Å²) >= 11 is 0. The summed E-state index contributed by atoms with van der Waals surface area (Å²) in [5.74, 6) is 0.190. The van der Waals surface area contributed by atoms with Crippen LogP contribution in [0, 0.1) is 5.41 Å². The molecule has 4 N–H and O–H groups in total. The van der Waals surface area contributed by atoms with Gasteiger partial charge in [-0.25, -0.2) is 4.79 Å². The van der Waals surface area contributed by atoms with E-state index >= 15 is 0 Å². The van der Waals surface area contributed by atoms with Gasteiger partial charge in [-0.15, -0.1) is 0 Å². The molecule has 0 bridgehead atoms. The standard InChI is InChI=1S/C11H22N4O2/c1-8(2)17-11(16)14-9-3-5-15(6-4-9)7-10(12)13/h8-9H,3-7H2,1-2H3,(H3,12,13)(H,14,16). The van der Waals surface area contributed by atoms with Crippen molar-refractivity contribution in [1.29, 1.82) is 5.41 Å². The van der Waals surface area contributed by atoms with Gasteiger partial charge in [-0.2, -0.15) is 0 Å². The Kier molecular flexibility index (Phi) is 5.21. The smallest absolute Gasteiger partial charge is 0.407 e. The molecule has 1 aliphatic heterocycles. The topological polar surface area (TPSA) is 91.4 Å². The lowest BCUT2D eigenvalue weighted by Crippen LogP contribution is -2.47. The van der Waals surface area contributed by atoms with Crippen molar-refractivity contribution in [3.05, 3.63) is 0 Å². The molecule has 0 atom stereocenters. The number of carbonyl (C=O) groups is 1. The van der Waals surface area contributed by atoms with Crippen LogP contribution in [0.5, 0.6) is 0 Å². The van der Waals surface area contributed by atoms with E-state index < -0.39 is 0 Å². The van der Waals surface area contributed by atoms with E-state index in [1.54, 1.807) is 0 Å². The third kappa shape index (κ3) is 5.53. The zero-order valence-corrected chi connectivity index (χ0v) is 10.5. The molecule has 1 fully saturated rings. The van der Waals surface area contributed by atoms with E-state index in [1.165, 1.54) is 0 Å². The molecule has 0 spiro atoms. The number of nitrogens with two attached hydrogens (primary N) is 1.